The van der Waals surface area contributed by atoms with Crippen LogP contribution in [0, 0.1) is 0 Å². The lowest BCUT2D eigenvalue weighted by Crippen LogP contribution is -2.11. The van der Waals surface area contributed by atoms with Gasteiger partial charge in [0.25, 0.3) is 10.1 Å². The topological polar surface area (TPSA) is 66.4 Å². The van der Waals surface area contributed by atoms with Gasteiger partial charge in [-0.25, -0.2) is 0 Å². The lowest BCUT2D eigenvalue weighted by Gasteiger charge is -1.97. The fourth-order valence-corrected chi connectivity index (χ4v) is 1.77. The molecule has 0 aromatic rings. The van der Waals surface area contributed by atoms with Crippen LogP contribution in [0.5, 0.6) is 0 Å². The summed E-state index contributed by atoms with van der Waals surface area (Å²) in [5.41, 5.74) is 0. The van der Waals surface area contributed by atoms with E-state index in [1.54, 1.807) is 0 Å². The van der Waals surface area contributed by atoms with Crippen LogP contribution in [0.25, 0.3) is 0 Å². The first-order valence-corrected chi connectivity index (χ1v) is 8.02. The Labute approximate surface area is 116 Å². The Hall–Kier alpha value is -0.720. The second kappa shape index (κ2) is 15.3. The fourth-order valence-electron chi connectivity index (χ4n) is 1.20. The summed E-state index contributed by atoms with van der Waals surface area (Å²) in [5, 5.41) is 3.05. The third kappa shape index (κ3) is 26.8. The van der Waals surface area contributed by atoms with Crippen LogP contribution >= 0.6 is 0 Å². The number of rotatable bonds is 11. The Kier molecular flexibility index (Phi) is 16.6. The Bertz CT molecular complexity index is 297. The first-order chi connectivity index (χ1) is 8.97. The zero-order valence-corrected chi connectivity index (χ0v) is 12.3. The lowest BCUT2D eigenvalue weighted by molar-refractivity contribution is 0.450. The van der Waals surface area contributed by atoms with Gasteiger partial charge in [0, 0.05) is 13.1 Å². The van der Waals surface area contributed by atoms with Gasteiger partial charge in [0.1, 0.15) is 0 Å². The smallest absolute Gasteiger partial charge is 0.264 e. The molecule has 0 spiro atoms. The van der Waals surface area contributed by atoms with E-state index in [0.29, 0.717) is 12.8 Å². The number of halogens is 1. The van der Waals surface area contributed by atoms with E-state index in [9.17, 15) is 12.8 Å². The van der Waals surface area contributed by atoms with Gasteiger partial charge in [-0.2, -0.15) is 8.42 Å². The van der Waals surface area contributed by atoms with Crippen molar-refractivity contribution in [3.63, 3.8) is 0 Å². The first kappa shape index (κ1) is 20.6. The van der Waals surface area contributed by atoms with E-state index in [1.165, 1.54) is 0 Å². The highest BCUT2D eigenvalue weighted by atomic mass is 32.2. The van der Waals surface area contributed by atoms with Crippen molar-refractivity contribution in [1.82, 2.24) is 5.32 Å². The monoisotopic (exact) mass is 295 g/mol. The minimum atomic E-state index is -3.79. The summed E-state index contributed by atoms with van der Waals surface area (Å²) in [4.78, 5) is 0. The largest absolute Gasteiger partial charge is 0.310 e. The molecule has 0 radical (unpaired) electrons. The number of nitrogens with one attached hydrogen (secondary N) is 1. The molecule has 0 bridgehead atoms. The molecule has 0 atom stereocenters. The number of unbranched alkanes of at least 4 members (excludes halogenated alkanes) is 4. The van der Waals surface area contributed by atoms with Gasteiger partial charge in [-0.3, -0.25) is 8.94 Å². The maximum absolute atomic E-state index is 11.6. The quantitative estimate of drug-likeness (QED) is 0.349. The van der Waals surface area contributed by atoms with E-state index < -0.39 is 10.1 Å². The summed E-state index contributed by atoms with van der Waals surface area (Å²) < 4.78 is 40.3. The van der Waals surface area contributed by atoms with Crippen LogP contribution in [0.3, 0.4) is 0 Å². The van der Waals surface area contributed by atoms with E-state index in [4.69, 9.17) is 4.55 Å². The summed E-state index contributed by atoms with van der Waals surface area (Å²) in [6, 6.07) is 0. The highest BCUT2D eigenvalue weighted by Gasteiger charge is 2.02. The molecule has 2 N–H and O–H groups in total. The third-order valence-electron chi connectivity index (χ3n) is 2.11. The molecule has 0 aliphatic heterocycles. The maximum Gasteiger partial charge on any atom is 0.264 e. The zero-order chi connectivity index (χ0) is 15.0. The number of hydrogen-bond donors (Lipinski definition) is 2. The van der Waals surface area contributed by atoms with Gasteiger partial charge in [0.2, 0.25) is 0 Å². The van der Waals surface area contributed by atoms with Crippen LogP contribution in [0.1, 0.15) is 32.1 Å². The summed E-state index contributed by atoms with van der Waals surface area (Å²) in [6.45, 7) is 8.50. The van der Waals surface area contributed by atoms with Gasteiger partial charge in [0.05, 0.1) is 12.4 Å². The van der Waals surface area contributed by atoms with Crippen molar-refractivity contribution in [3.05, 3.63) is 25.3 Å². The summed E-state index contributed by atoms with van der Waals surface area (Å²) >= 11 is 0. The molecule has 4 nitrogen and oxygen atoms in total. The molecule has 0 fully saturated rings. The van der Waals surface area contributed by atoms with Crippen LogP contribution in [0.4, 0.5) is 4.39 Å². The van der Waals surface area contributed by atoms with Crippen LogP contribution in [0.15, 0.2) is 25.3 Å². The highest BCUT2D eigenvalue weighted by Crippen LogP contribution is 2.04. The van der Waals surface area contributed by atoms with E-state index in [0.717, 1.165) is 32.4 Å². The predicted molar refractivity (Wildman–Crippen MR) is 78.7 cm³/mol. The molecule has 0 amide bonds. The standard InChI is InChI=1S/C7H15FO3S.C6H11N/c8-6-4-2-1-3-5-7-12(9,10)11;1-3-5-7-6-4-2/h1-7H2,(H,9,10,11);3-4,7H,1-2,5-6H2. The van der Waals surface area contributed by atoms with Crippen molar-refractivity contribution >= 4 is 10.1 Å². The van der Waals surface area contributed by atoms with Crippen molar-refractivity contribution in [3.8, 4) is 0 Å². The van der Waals surface area contributed by atoms with E-state index in [-0.39, 0.29) is 12.4 Å². The molecule has 6 heteroatoms. The Morgan fingerprint density at radius 3 is 1.89 bits per heavy atom. The van der Waals surface area contributed by atoms with Gasteiger partial charge in [-0.1, -0.05) is 31.4 Å². The molecule has 19 heavy (non-hydrogen) atoms. The molecule has 0 heterocycles. The van der Waals surface area contributed by atoms with Gasteiger partial charge < -0.3 is 5.32 Å². The van der Waals surface area contributed by atoms with Gasteiger partial charge in [-0.15, -0.1) is 13.2 Å². The van der Waals surface area contributed by atoms with Crippen molar-refractivity contribution in [2.24, 2.45) is 0 Å². The molecule has 0 saturated heterocycles. The first-order valence-electron chi connectivity index (χ1n) is 6.41. The second-order valence-electron chi connectivity index (χ2n) is 3.98. The molecule has 0 aliphatic carbocycles. The van der Waals surface area contributed by atoms with Crippen molar-refractivity contribution < 1.29 is 17.4 Å². The van der Waals surface area contributed by atoms with Crippen LogP contribution in [-0.2, 0) is 10.1 Å². The summed E-state index contributed by atoms with van der Waals surface area (Å²) in [6.07, 6.45) is 7.02. The minimum Gasteiger partial charge on any atom is -0.310 e. The number of alkyl halides is 1. The Morgan fingerprint density at radius 1 is 1.00 bits per heavy atom. The summed E-state index contributed by atoms with van der Waals surface area (Å²) in [5.74, 6) is -0.178. The SMILES string of the molecule is C=CCNCC=C.O=S(=O)(O)CCCCCCCF. The number of hydrogen-bond acceptors (Lipinski definition) is 3. The van der Waals surface area contributed by atoms with E-state index in [2.05, 4.69) is 18.5 Å². The highest BCUT2D eigenvalue weighted by molar-refractivity contribution is 7.85. The molecule has 0 aliphatic rings. The third-order valence-corrected chi connectivity index (χ3v) is 2.92. The molecule has 114 valence electrons. The van der Waals surface area contributed by atoms with Crippen molar-refractivity contribution in [2.75, 3.05) is 25.5 Å². The molecule has 0 aromatic carbocycles. The molecule has 0 saturated carbocycles. The second-order valence-corrected chi connectivity index (χ2v) is 5.55. The van der Waals surface area contributed by atoms with Crippen LogP contribution < -0.4 is 5.32 Å². The van der Waals surface area contributed by atoms with E-state index in [1.807, 2.05) is 12.2 Å². The molecule has 0 rings (SSSR count). The van der Waals surface area contributed by atoms with Crippen molar-refractivity contribution in [2.45, 2.75) is 32.1 Å². The normalized spacial score (nSPS) is 10.4. The molecule has 0 aromatic heterocycles. The van der Waals surface area contributed by atoms with Gasteiger partial charge in [-0.05, 0) is 12.8 Å². The lowest BCUT2D eigenvalue weighted by atomic mass is 10.2. The van der Waals surface area contributed by atoms with E-state index >= 15 is 0 Å². The van der Waals surface area contributed by atoms with Crippen LogP contribution in [0.2, 0.25) is 0 Å². The summed E-state index contributed by atoms with van der Waals surface area (Å²) in [7, 11) is -3.79. The Morgan fingerprint density at radius 2 is 1.47 bits per heavy atom. The molecular formula is C13H26FNO3S. The van der Waals surface area contributed by atoms with Crippen LogP contribution in [-0.4, -0.2) is 38.5 Å². The van der Waals surface area contributed by atoms with Gasteiger partial charge >= 0.3 is 0 Å². The maximum atomic E-state index is 11.6. The fraction of sp³-hybridized carbons (Fsp3) is 0.692. The van der Waals surface area contributed by atoms with Gasteiger partial charge in [0.15, 0.2) is 0 Å². The average Bonchev–Trinajstić information content (AvgIpc) is 2.34. The average molecular weight is 295 g/mol. The molecular weight excluding hydrogens is 269 g/mol. The van der Waals surface area contributed by atoms with Crippen molar-refractivity contribution in [1.29, 1.82) is 0 Å². The zero-order valence-electron chi connectivity index (χ0n) is 11.5. The molecule has 0 unspecified atom stereocenters. The minimum absolute atomic E-state index is 0.178. The predicted octanol–water partition coefficient (Wildman–Crippen LogP) is 2.74. The Balaban J connectivity index is 0.